The molecule has 0 aliphatic carbocycles. The molecule has 19 heteroatoms. The Kier molecular flexibility index (Phi) is 20.0. The summed E-state index contributed by atoms with van der Waals surface area (Å²) in [5.74, 6) is -6.14. The molecule has 0 N–H and O–H groups in total. The third kappa shape index (κ3) is 14.0. The van der Waals surface area contributed by atoms with Gasteiger partial charge in [0.25, 0.3) is 0 Å². The summed E-state index contributed by atoms with van der Waals surface area (Å²) in [7, 11) is 0. The lowest BCUT2D eigenvalue weighted by atomic mass is 9.96. The van der Waals surface area contributed by atoms with E-state index in [0.717, 1.165) is 0 Å². The van der Waals surface area contributed by atoms with Crippen LogP contribution in [0.5, 0.6) is 0 Å². The highest BCUT2D eigenvalue weighted by Gasteiger charge is 2.58. The van der Waals surface area contributed by atoms with Gasteiger partial charge in [0, 0.05) is 51.4 Å². The molecular formula is C36H54O19. The molecule has 0 aromatic rings. The van der Waals surface area contributed by atoms with Gasteiger partial charge in [-0.3, -0.25) is 38.4 Å². The summed E-state index contributed by atoms with van der Waals surface area (Å²) in [6, 6.07) is 0. The monoisotopic (exact) mass is 790 g/mol. The normalized spacial score (nSPS) is 27.4. The van der Waals surface area contributed by atoms with Crippen molar-refractivity contribution in [2.45, 2.75) is 168 Å². The minimum absolute atomic E-state index is 0.0386. The number of esters is 8. The first kappa shape index (κ1) is 46.8. The molecule has 2 aliphatic heterocycles. The van der Waals surface area contributed by atoms with Crippen molar-refractivity contribution in [3.8, 4) is 0 Å². The molecule has 2 rings (SSSR count). The third-order valence-corrected chi connectivity index (χ3v) is 8.18. The van der Waals surface area contributed by atoms with Crippen LogP contribution in [0.4, 0.5) is 0 Å². The van der Waals surface area contributed by atoms with Gasteiger partial charge in [-0.25, -0.2) is 0 Å². The molecule has 0 amide bonds. The van der Waals surface area contributed by atoms with Crippen molar-refractivity contribution < 1.29 is 90.5 Å². The van der Waals surface area contributed by atoms with Crippen LogP contribution in [0.25, 0.3) is 0 Å². The van der Waals surface area contributed by atoms with E-state index < -0.39 is 122 Å². The lowest BCUT2D eigenvalue weighted by molar-refractivity contribution is -0.378. The average molecular weight is 791 g/mol. The van der Waals surface area contributed by atoms with Gasteiger partial charge < -0.3 is 52.1 Å². The van der Waals surface area contributed by atoms with Crippen LogP contribution in [0.1, 0.15) is 107 Å². The van der Waals surface area contributed by atoms with Crippen molar-refractivity contribution in [1.82, 2.24) is 0 Å². The van der Waals surface area contributed by atoms with Gasteiger partial charge in [0.05, 0.1) is 0 Å². The quantitative estimate of drug-likeness (QED) is 0.127. The highest BCUT2D eigenvalue weighted by Crippen LogP contribution is 2.36. The summed E-state index contributed by atoms with van der Waals surface area (Å²) in [5, 5.41) is 0. The zero-order chi connectivity index (χ0) is 41.2. The van der Waals surface area contributed by atoms with E-state index in [1.807, 2.05) is 0 Å². The second-order valence-corrected chi connectivity index (χ2v) is 12.1. The summed E-state index contributed by atoms with van der Waals surface area (Å²) in [4.78, 5) is 101. The Balaban J connectivity index is 2.83. The van der Waals surface area contributed by atoms with Crippen LogP contribution in [-0.4, -0.2) is 122 Å². The first-order chi connectivity index (χ1) is 26.2. The van der Waals surface area contributed by atoms with Gasteiger partial charge in [-0.05, 0) is 0 Å². The molecule has 2 heterocycles. The molecule has 0 aromatic carbocycles. The second-order valence-electron chi connectivity index (χ2n) is 12.1. The van der Waals surface area contributed by atoms with E-state index in [1.54, 1.807) is 0 Å². The Morgan fingerprint density at radius 3 is 0.836 bits per heavy atom. The second kappa shape index (κ2) is 23.5. The molecule has 312 valence electrons. The predicted molar refractivity (Wildman–Crippen MR) is 182 cm³/mol. The van der Waals surface area contributed by atoms with Gasteiger partial charge in [-0.2, -0.15) is 0 Å². The van der Waals surface area contributed by atoms with Crippen molar-refractivity contribution in [2.24, 2.45) is 0 Å². The standard InChI is InChI=1S/C36H54O19/c1-9-21(37)45-17-19-29(49-23(39)11-3)31(51-25(41)13-5)33(53-27(43)15-7)35(47-19)55-36-34(54-28(44)16-8)32(52-26(42)14-6)30(50-24(40)12-4)20(48-36)18-46-22(38)10-2/h19-20,29-36H,9-18H2,1-8H3/t19-,20-,29-,30-,31+,32+,33-,34-,35-,36-/m1/s1. The van der Waals surface area contributed by atoms with Crippen LogP contribution in [0.2, 0.25) is 0 Å². The molecule has 0 unspecified atom stereocenters. The first-order valence-electron chi connectivity index (χ1n) is 18.6. The highest BCUT2D eigenvalue weighted by atomic mass is 16.8. The smallest absolute Gasteiger partial charge is 0.306 e. The summed E-state index contributed by atoms with van der Waals surface area (Å²) < 4.78 is 63.3. The van der Waals surface area contributed by atoms with E-state index in [-0.39, 0.29) is 51.4 Å². The summed E-state index contributed by atoms with van der Waals surface area (Å²) in [5.41, 5.74) is 0. The molecule has 0 spiro atoms. The molecule has 0 bridgehead atoms. The molecule has 0 radical (unpaired) electrons. The molecule has 10 atom stereocenters. The van der Waals surface area contributed by atoms with Gasteiger partial charge in [-0.15, -0.1) is 0 Å². The Morgan fingerprint density at radius 1 is 0.345 bits per heavy atom. The molecule has 2 fully saturated rings. The minimum atomic E-state index is -1.84. The summed E-state index contributed by atoms with van der Waals surface area (Å²) in [6.45, 7) is 10.9. The van der Waals surface area contributed by atoms with Gasteiger partial charge in [0.2, 0.25) is 12.6 Å². The number of hydrogen-bond acceptors (Lipinski definition) is 19. The van der Waals surface area contributed by atoms with Crippen molar-refractivity contribution in [3.63, 3.8) is 0 Å². The van der Waals surface area contributed by atoms with E-state index in [0.29, 0.717) is 0 Å². The Hall–Kier alpha value is -4.36. The summed E-state index contributed by atoms with van der Waals surface area (Å²) in [6.07, 6.45) is -17.3. The van der Waals surface area contributed by atoms with Crippen LogP contribution in [0.3, 0.4) is 0 Å². The molecular weight excluding hydrogens is 736 g/mol. The average Bonchev–Trinajstić information content (AvgIpc) is 3.19. The maximum absolute atomic E-state index is 12.9. The number of ether oxygens (including phenoxy) is 11. The number of carbonyl (C=O) groups is 8. The molecule has 0 saturated carbocycles. The molecule has 55 heavy (non-hydrogen) atoms. The zero-order valence-electron chi connectivity index (χ0n) is 32.6. The van der Waals surface area contributed by atoms with E-state index in [1.165, 1.54) is 55.4 Å². The van der Waals surface area contributed by atoms with Crippen LogP contribution in [-0.2, 0) is 90.5 Å². The number of hydrogen-bond donors (Lipinski definition) is 0. The SMILES string of the molecule is CCC(=O)OC[C@H]1O[C@H](O[C@H]2O[C@H](COC(=O)CC)[C@@H](OC(=O)CC)[C@H](OC(=O)CC)[C@H]2OC(=O)CC)[C@H](OC(=O)CC)[C@@H](OC(=O)CC)[C@@H]1OC(=O)CC. The van der Waals surface area contributed by atoms with Crippen LogP contribution < -0.4 is 0 Å². The fraction of sp³-hybridized carbons (Fsp3) is 0.778. The van der Waals surface area contributed by atoms with Crippen molar-refractivity contribution >= 4 is 47.8 Å². The topological polar surface area (TPSA) is 238 Å². The maximum Gasteiger partial charge on any atom is 0.306 e. The van der Waals surface area contributed by atoms with Gasteiger partial charge in [0.1, 0.15) is 25.4 Å². The zero-order valence-corrected chi connectivity index (χ0v) is 32.6. The maximum atomic E-state index is 12.9. The predicted octanol–water partition coefficient (Wildman–Crippen LogP) is 2.29. The first-order valence-corrected chi connectivity index (χ1v) is 18.6. The third-order valence-electron chi connectivity index (χ3n) is 8.18. The fourth-order valence-electron chi connectivity index (χ4n) is 5.14. The van der Waals surface area contributed by atoms with Crippen LogP contribution in [0, 0.1) is 0 Å². The van der Waals surface area contributed by atoms with Crippen molar-refractivity contribution in [3.05, 3.63) is 0 Å². The number of carbonyl (C=O) groups excluding carboxylic acids is 8. The van der Waals surface area contributed by atoms with Crippen LogP contribution in [0.15, 0.2) is 0 Å². The van der Waals surface area contributed by atoms with E-state index >= 15 is 0 Å². The van der Waals surface area contributed by atoms with E-state index in [2.05, 4.69) is 0 Å². The van der Waals surface area contributed by atoms with E-state index in [4.69, 9.17) is 52.1 Å². The van der Waals surface area contributed by atoms with Gasteiger partial charge in [-0.1, -0.05) is 55.4 Å². The Morgan fingerprint density at radius 2 is 0.582 bits per heavy atom. The molecule has 19 nitrogen and oxygen atoms in total. The lowest BCUT2D eigenvalue weighted by Crippen LogP contribution is -2.67. The molecule has 2 aliphatic rings. The highest BCUT2D eigenvalue weighted by molar-refractivity contribution is 5.73. The lowest BCUT2D eigenvalue weighted by Gasteiger charge is -2.48. The van der Waals surface area contributed by atoms with Crippen molar-refractivity contribution in [1.29, 1.82) is 0 Å². The van der Waals surface area contributed by atoms with Gasteiger partial charge in [0.15, 0.2) is 36.6 Å². The summed E-state index contributed by atoms with van der Waals surface area (Å²) >= 11 is 0. The van der Waals surface area contributed by atoms with Crippen molar-refractivity contribution in [2.75, 3.05) is 13.2 Å². The van der Waals surface area contributed by atoms with Crippen LogP contribution >= 0.6 is 0 Å². The largest absolute Gasteiger partial charge is 0.463 e. The number of rotatable bonds is 20. The molecule has 2 saturated heterocycles. The molecule has 0 aromatic heterocycles. The Labute approximate surface area is 319 Å². The van der Waals surface area contributed by atoms with Gasteiger partial charge >= 0.3 is 47.8 Å². The fourth-order valence-corrected chi connectivity index (χ4v) is 5.14. The van der Waals surface area contributed by atoms with E-state index in [9.17, 15) is 38.4 Å². The minimum Gasteiger partial charge on any atom is -0.463 e. The Bertz CT molecular complexity index is 1230.